The average molecular weight is 1140 g/mol. The predicted molar refractivity (Wildman–Crippen MR) is 268 cm³/mol. The number of aromatic nitrogens is 4. The Morgan fingerprint density at radius 2 is 1.63 bits per heavy atom. The molecule has 0 bridgehead atoms. The minimum atomic E-state index is -5.60. The lowest BCUT2D eigenvalue weighted by Crippen LogP contribution is -2.58. The van der Waals surface area contributed by atoms with E-state index in [0.717, 1.165) is 86.8 Å². The first kappa shape index (κ1) is 60.1. The first-order chi connectivity index (χ1) is 34.9. The second-order valence-electron chi connectivity index (χ2n) is 22.3. The number of carbonyl (C=O) groups is 3. The van der Waals surface area contributed by atoms with Crippen molar-refractivity contribution >= 4 is 69.1 Å². The van der Waals surface area contributed by atoms with Crippen molar-refractivity contribution in [3.8, 4) is 0 Å². The Morgan fingerprint density at radius 3 is 2.35 bits per heavy atom. The quantitative estimate of drug-likeness (QED) is 0.0562. The van der Waals surface area contributed by atoms with E-state index in [4.69, 9.17) is 19.5 Å². The largest absolute Gasteiger partial charge is 0.481 e. The van der Waals surface area contributed by atoms with Gasteiger partial charge in [0.05, 0.1) is 31.7 Å². The fourth-order valence-corrected chi connectivity index (χ4v) is 16.6. The van der Waals surface area contributed by atoms with Crippen molar-refractivity contribution in [2.24, 2.45) is 51.8 Å². The Morgan fingerprint density at radius 1 is 0.933 bits per heavy atom. The van der Waals surface area contributed by atoms with Crippen molar-refractivity contribution in [2.45, 2.75) is 148 Å². The van der Waals surface area contributed by atoms with Crippen molar-refractivity contribution < 1.29 is 90.7 Å². The van der Waals surface area contributed by atoms with Crippen LogP contribution in [-0.2, 0) is 50.7 Å². The number of phosphoric acid groups is 3. The van der Waals surface area contributed by atoms with Gasteiger partial charge in [-0.05, 0) is 104 Å². The number of rotatable bonds is 23. The Kier molecular flexibility index (Phi) is 19.0. The fourth-order valence-electron chi connectivity index (χ4n) is 13.1. The summed E-state index contributed by atoms with van der Waals surface area (Å²) < 4.78 is 62.7. The number of imidazole rings is 1. The first-order valence-corrected chi connectivity index (χ1v) is 30.9. The van der Waals surface area contributed by atoms with Gasteiger partial charge in [-0.2, -0.15) is 4.31 Å². The van der Waals surface area contributed by atoms with E-state index in [9.17, 15) is 68.1 Å². The number of aliphatic hydroxyl groups is 4. The molecule has 0 aromatic carbocycles. The third-order valence-corrected chi connectivity index (χ3v) is 21.0. The van der Waals surface area contributed by atoms with E-state index in [0.29, 0.717) is 41.8 Å². The second kappa shape index (κ2) is 23.7. The van der Waals surface area contributed by atoms with Gasteiger partial charge in [0.1, 0.15) is 36.3 Å². The van der Waals surface area contributed by atoms with Gasteiger partial charge >= 0.3 is 23.5 Å². The SMILES string of the molecule is CC(CCC(=O)SCCNC(=O)CCNC(=O)C(O)C(C)(C)COP(=O)(O)OP(=O)(O)OC[C@H]1O[C@@H](n2cnc3c(N)ncnc32)[C@H](O)[C@@H]1OP(=O)(O)O)[C@H]1CC[C@H]2[C@@H]3[C@H](O)C[C@@H]4C[C@H](O)CC[C@]4(C)[C@H]3CC[C@]12C. The molecule has 17 atom stereocenters. The van der Waals surface area contributed by atoms with Gasteiger partial charge in [0.25, 0.3) is 0 Å². The molecule has 2 aromatic rings. The number of carbonyl (C=O) groups excluding carboxylic acids is 3. The summed E-state index contributed by atoms with van der Waals surface area (Å²) in [6, 6.07) is 0. The summed E-state index contributed by atoms with van der Waals surface area (Å²) in [4.78, 5) is 89.7. The van der Waals surface area contributed by atoms with Gasteiger partial charge in [0, 0.05) is 37.1 Å². The molecule has 4 saturated carbocycles. The zero-order valence-corrected chi connectivity index (χ0v) is 46.2. The molecule has 1 saturated heterocycles. The van der Waals surface area contributed by atoms with Gasteiger partial charge in [-0.3, -0.25) is 32.5 Å². The van der Waals surface area contributed by atoms with Gasteiger partial charge in [-0.25, -0.2) is 28.6 Å². The van der Waals surface area contributed by atoms with Gasteiger partial charge in [0.2, 0.25) is 11.8 Å². The zero-order valence-electron chi connectivity index (χ0n) is 42.7. The van der Waals surface area contributed by atoms with Crippen LogP contribution in [0.1, 0.15) is 111 Å². The fraction of sp³-hybridized carbons (Fsp3) is 0.822. The molecule has 0 spiro atoms. The van der Waals surface area contributed by atoms with Crippen molar-refractivity contribution in [1.29, 1.82) is 0 Å². The molecule has 4 aliphatic carbocycles. The topological polar surface area (TPSA) is 404 Å². The average Bonchev–Trinajstić information content (AvgIpc) is 4.01. The molecule has 12 N–H and O–H groups in total. The number of fused-ring (bicyclic) bond motifs is 6. The Hall–Kier alpha value is -2.52. The summed E-state index contributed by atoms with van der Waals surface area (Å²) in [5.41, 5.74) is 4.55. The third kappa shape index (κ3) is 13.9. The van der Waals surface area contributed by atoms with Gasteiger partial charge in [-0.1, -0.05) is 46.4 Å². The molecule has 3 heterocycles. The predicted octanol–water partition coefficient (Wildman–Crippen LogP) is 3.07. The van der Waals surface area contributed by atoms with E-state index in [2.05, 4.69) is 55.2 Å². The number of hydrogen-bond acceptors (Lipinski definition) is 20. The van der Waals surface area contributed by atoms with Crippen LogP contribution in [-0.4, -0.2) is 145 Å². The lowest BCUT2D eigenvalue weighted by molar-refractivity contribution is -0.174. The number of amides is 2. The number of nitrogens with zero attached hydrogens (tertiary/aromatic N) is 4. The van der Waals surface area contributed by atoms with Crippen LogP contribution in [0.3, 0.4) is 0 Å². The number of nitrogens with two attached hydrogens (primary N) is 1. The summed E-state index contributed by atoms with van der Waals surface area (Å²) in [5, 5.41) is 48.8. The number of nitrogen functional groups attached to an aromatic ring is 1. The second-order valence-corrected chi connectivity index (χ2v) is 27.6. The summed E-state index contributed by atoms with van der Waals surface area (Å²) in [6.45, 7) is 7.58. The molecule has 2 amide bonds. The Labute approximate surface area is 438 Å². The van der Waals surface area contributed by atoms with E-state index < -0.39 is 84.6 Å². The minimum Gasteiger partial charge on any atom is -0.393 e. The lowest BCUT2D eigenvalue weighted by atomic mass is 9.43. The minimum absolute atomic E-state index is 0.0288. The molecule has 5 aliphatic rings. The Bertz CT molecular complexity index is 2530. The van der Waals surface area contributed by atoms with Crippen molar-refractivity contribution in [1.82, 2.24) is 30.2 Å². The standard InChI is InChI=1S/C45H74N7O19P3S/c1-24(27-7-8-28-34-29(11-14-45(27,28)5)44(4)13-10-26(53)18-25(44)19-30(34)54)6-9-33(56)75-17-16-47-32(55)12-15-48-41(59)38(58)43(2,3)21-68-74(65,66)71-73(63,64)67-20-31-37(70-72(60,61)62)36(57)42(69-31)52-23-51-35-39(46)49-22-50-40(35)52/h22-31,34,36-38,42,53-54,57-58H,6-21H2,1-5H3,(H,47,55)(H,48,59)(H,63,64)(H,65,66)(H2,46,49,50)(H2,60,61,62)/t24?,25-,26+,27+,28-,29-,30+,31+,34-,36+,37+,38?,42+,44-,45+/m0/s1. The van der Waals surface area contributed by atoms with E-state index in [1.807, 2.05) is 0 Å². The highest BCUT2D eigenvalue weighted by Crippen LogP contribution is 2.68. The number of aliphatic hydroxyl groups excluding tert-OH is 4. The number of ether oxygens (including phenoxy) is 1. The van der Waals surface area contributed by atoms with Crippen LogP contribution < -0.4 is 16.4 Å². The summed E-state index contributed by atoms with van der Waals surface area (Å²) in [7, 11) is -16.5. The molecule has 30 heteroatoms. The molecule has 5 fully saturated rings. The van der Waals surface area contributed by atoms with Crippen LogP contribution in [0.2, 0.25) is 0 Å². The van der Waals surface area contributed by atoms with Crippen molar-refractivity contribution in [3.63, 3.8) is 0 Å². The van der Waals surface area contributed by atoms with Crippen LogP contribution in [0.25, 0.3) is 11.2 Å². The van der Waals surface area contributed by atoms with Gasteiger partial charge < -0.3 is 61.1 Å². The summed E-state index contributed by atoms with van der Waals surface area (Å²) in [5.74, 6) is 1.28. The normalized spacial score (nSPS) is 34.3. The summed E-state index contributed by atoms with van der Waals surface area (Å²) >= 11 is 1.15. The smallest absolute Gasteiger partial charge is 0.393 e. The number of thioether (sulfide) groups is 1. The molecular formula is C45H74N7O19P3S. The van der Waals surface area contributed by atoms with E-state index in [1.54, 1.807) is 0 Å². The molecule has 2 aromatic heterocycles. The van der Waals surface area contributed by atoms with E-state index >= 15 is 0 Å². The number of anilines is 1. The van der Waals surface area contributed by atoms with Crippen LogP contribution in [0.15, 0.2) is 12.7 Å². The van der Waals surface area contributed by atoms with Crippen LogP contribution in [0.5, 0.6) is 0 Å². The maximum absolute atomic E-state index is 13.0. The molecule has 75 heavy (non-hydrogen) atoms. The number of hydrogen-bond donors (Lipinski definition) is 11. The molecular weight excluding hydrogens is 1070 g/mol. The van der Waals surface area contributed by atoms with E-state index in [1.165, 1.54) is 13.8 Å². The molecule has 1 aliphatic heterocycles. The maximum Gasteiger partial charge on any atom is 0.481 e. The van der Waals surface area contributed by atoms with Crippen LogP contribution in [0, 0.1) is 51.8 Å². The van der Waals surface area contributed by atoms with Gasteiger partial charge in [0.15, 0.2) is 22.8 Å². The highest BCUT2D eigenvalue weighted by molar-refractivity contribution is 8.13. The number of nitrogens with one attached hydrogen (secondary N) is 2. The van der Waals surface area contributed by atoms with E-state index in [-0.39, 0.29) is 70.6 Å². The highest BCUT2D eigenvalue weighted by atomic mass is 32.2. The van der Waals surface area contributed by atoms with Crippen molar-refractivity contribution in [2.75, 3.05) is 37.8 Å². The molecule has 424 valence electrons. The number of phosphoric ester groups is 3. The lowest BCUT2D eigenvalue weighted by Gasteiger charge is -2.62. The Balaban J connectivity index is 0.778. The molecule has 4 unspecified atom stereocenters. The van der Waals surface area contributed by atoms with Crippen molar-refractivity contribution in [3.05, 3.63) is 12.7 Å². The van der Waals surface area contributed by atoms with Crippen LogP contribution >= 0.6 is 35.2 Å². The highest BCUT2D eigenvalue weighted by Gasteiger charge is 2.63. The maximum atomic E-state index is 13.0. The molecule has 7 rings (SSSR count). The first-order valence-electron chi connectivity index (χ1n) is 25.4. The molecule has 0 radical (unpaired) electrons. The molecule has 26 nitrogen and oxygen atoms in total. The van der Waals surface area contributed by atoms with Crippen LogP contribution in [0.4, 0.5) is 5.82 Å². The monoisotopic (exact) mass is 1140 g/mol. The third-order valence-electron chi connectivity index (χ3n) is 17.0. The summed E-state index contributed by atoms with van der Waals surface area (Å²) in [6.07, 6.45) is 1.45. The zero-order chi connectivity index (χ0) is 55.1. The van der Waals surface area contributed by atoms with Gasteiger partial charge in [-0.15, -0.1) is 0 Å².